The fourth-order valence-electron chi connectivity index (χ4n) is 3.28. The zero-order valence-corrected chi connectivity index (χ0v) is 15.2. The molecule has 134 valence electrons. The van der Waals surface area contributed by atoms with Gasteiger partial charge in [0.2, 0.25) is 5.91 Å². The van der Waals surface area contributed by atoms with E-state index in [9.17, 15) is 4.79 Å². The lowest BCUT2D eigenvalue weighted by Crippen LogP contribution is -2.57. The van der Waals surface area contributed by atoms with Gasteiger partial charge in [-0.3, -0.25) is 9.69 Å². The van der Waals surface area contributed by atoms with Crippen molar-refractivity contribution in [3.63, 3.8) is 0 Å². The maximum atomic E-state index is 12.7. The summed E-state index contributed by atoms with van der Waals surface area (Å²) in [6.07, 6.45) is 2.07. The number of morpholine rings is 1. The van der Waals surface area contributed by atoms with Crippen LogP contribution >= 0.6 is 0 Å². The maximum Gasteiger partial charge on any atom is 0.237 e. The molecule has 1 aliphatic rings. The van der Waals surface area contributed by atoms with E-state index in [1.807, 2.05) is 18.2 Å². The number of hydrogen-bond acceptors (Lipinski definition) is 5. The molecular formula is C18H30N4O2. The van der Waals surface area contributed by atoms with Crippen LogP contribution in [0.3, 0.4) is 0 Å². The summed E-state index contributed by atoms with van der Waals surface area (Å²) in [6, 6.07) is 5.61. The van der Waals surface area contributed by atoms with Crippen LogP contribution in [-0.2, 0) is 9.53 Å². The van der Waals surface area contributed by atoms with Gasteiger partial charge in [-0.05, 0) is 31.9 Å². The van der Waals surface area contributed by atoms with Crippen molar-refractivity contribution in [1.82, 2.24) is 15.2 Å². The summed E-state index contributed by atoms with van der Waals surface area (Å²) < 4.78 is 5.78. The molecule has 0 spiro atoms. The Labute approximate surface area is 145 Å². The molecule has 2 N–H and O–H groups in total. The number of aromatic nitrogens is 1. The second-order valence-electron chi connectivity index (χ2n) is 6.83. The van der Waals surface area contributed by atoms with Crippen LogP contribution in [0.15, 0.2) is 24.4 Å². The van der Waals surface area contributed by atoms with Gasteiger partial charge in [0, 0.05) is 32.4 Å². The molecule has 6 heteroatoms. The number of carbonyl (C=O) groups is 1. The number of nitrogens with zero attached hydrogens (tertiary/aromatic N) is 2. The van der Waals surface area contributed by atoms with Gasteiger partial charge in [0.25, 0.3) is 0 Å². The van der Waals surface area contributed by atoms with Gasteiger partial charge in [-0.25, -0.2) is 4.98 Å². The average molecular weight is 334 g/mol. The first-order valence-electron chi connectivity index (χ1n) is 8.79. The van der Waals surface area contributed by atoms with Crippen LogP contribution in [-0.4, -0.2) is 60.2 Å². The van der Waals surface area contributed by atoms with Gasteiger partial charge >= 0.3 is 0 Å². The number of nitrogens with one attached hydrogen (secondary N) is 2. The molecule has 1 aromatic heterocycles. The monoisotopic (exact) mass is 334 g/mol. The van der Waals surface area contributed by atoms with E-state index >= 15 is 0 Å². The summed E-state index contributed by atoms with van der Waals surface area (Å²) in [5.74, 6) is 1.17. The molecule has 1 amide bonds. The number of rotatable bonds is 7. The first-order valence-corrected chi connectivity index (χ1v) is 8.79. The molecule has 2 rings (SSSR count). The van der Waals surface area contributed by atoms with Crippen LogP contribution in [0.4, 0.5) is 5.82 Å². The highest BCUT2D eigenvalue weighted by Gasteiger charge is 2.33. The molecule has 1 saturated heterocycles. The molecule has 3 unspecified atom stereocenters. The van der Waals surface area contributed by atoms with Gasteiger partial charge in [0.05, 0.1) is 18.2 Å². The second kappa shape index (κ2) is 8.99. The van der Waals surface area contributed by atoms with Crippen LogP contribution in [0, 0.1) is 5.92 Å². The zero-order chi connectivity index (χ0) is 17.5. The van der Waals surface area contributed by atoms with Gasteiger partial charge in [0.15, 0.2) is 0 Å². The number of anilines is 1. The molecule has 1 aliphatic heterocycles. The Bertz CT molecular complexity index is 499. The second-order valence-corrected chi connectivity index (χ2v) is 6.83. The minimum atomic E-state index is -0.117. The zero-order valence-electron chi connectivity index (χ0n) is 15.2. The molecule has 6 nitrogen and oxygen atoms in total. The van der Waals surface area contributed by atoms with Crippen LogP contribution in [0.5, 0.6) is 0 Å². The lowest BCUT2D eigenvalue weighted by Gasteiger charge is -2.41. The Kier molecular flexibility index (Phi) is 6.99. The molecule has 2 heterocycles. The maximum absolute atomic E-state index is 12.7. The van der Waals surface area contributed by atoms with E-state index in [1.165, 1.54) is 0 Å². The highest BCUT2D eigenvalue weighted by atomic mass is 16.5. The molecule has 1 aromatic rings. The van der Waals surface area contributed by atoms with E-state index in [1.54, 1.807) is 6.20 Å². The summed E-state index contributed by atoms with van der Waals surface area (Å²) in [4.78, 5) is 19.1. The summed E-state index contributed by atoms with van der Waals surface area (Å²) in [5.41, 5.74) is 0. The lowest BCUT2D eigenvalue weighted by atomic mass is 9.99. The Morgan fingerprint density at radius 2 is 2.00 bits per heavy atom. The number of carbonyl (C=O) groups excluding carboxylic acids is 1. The van der Waals surface area contributed by atoms with Crippen LogP contribution in [0.1, 0.15) is 27.7 Å². The van der Waals surface area contributed by atoms with Crippen molar-refractivity contribution in [3.8, 4) is 0 Å². The fraction of sp³-hybridized carbons (Fsp3) is 0.667. The highest BCUT2D eigenvalue weighted by Crippen LogP contribution is 2.18. The number of pyridine rings is 1. The highest BCUT2D eigenvalue weighted by molar-refractivity contribution is 5.82. The Balaban J connectivity index is 1.83. The molecule has 0 aliphatic carbocycles. The normalized spacial score (nSPS) is 23.0. The number of hydrogen-bond donors (Lipinski definition) is 2. The Morgan fingerprint density at radius 1 is 1.29 bits per heavy atom. The predicted molar refractivity (Wildman–Crippen MR) is 95.9 cm³/mol. The fourth-order valence-corrected chi connectivity index (χ4v) is 3.28. The van der Waals surface area contributed by atoms with Gasteiger partial charge in [-0.2, -0.15) is 0 Å². The van der Waals surface area contributed by atoms with Crippen molar-refractivity contribution in [2.75, 3.05) is 31.5 Å². The molecule has 3 atom stereocenters. The van der Waals surface area contributed by atoms with Crippen LogP contribution < -0.4 is 10.6 Å². The van der Waals surface area contributed by atoms with Crippen molar-refractivity contribution >= 4 is 11.7 Å². The van der Waals surface area contributed by atoms with Crippen molar-refractivity contribution < 1.29 is 9.53 Å². The third kappa shape index (κ3) is 5.46. The third-order valence-corrected chi connectivity index (χ3v) is 4.14. The van der Waals surface area contributed by atoms with Crippen molar-refractivity contribution in [3.05, 3.63) is 24.4 Å². The molecule has 24 heavy (non-hydrogen) atoms. The molecule has 0 aromatic carbocycles. The smallest absolute Gasteiger partial charge is 0.237 e. The molecular weight excluding hydrogens is 304 g/mol. The van der Waals surface area contributed by atoms with E-state index < -0.39 is 0 Å². The van der Waals surface area contributed by atoms with E-state index in [2.05, 4.69) is 48.2 Å². The Hall–Kier alpha value is -1.66. The minimum Gasteiger partial charge on any atom is -0.373 e. The molecule has 0 radical (unpaired) electrons. The molecule has 0 bridgehead atoms. The standard InChI is InChI=1S/C18H30N4O2/c1-13(2)17(22-11-14(3)24-15(4)12-22)18(23)21-10-9-20-16-7-5-6-8-19-16/h5-8,13-15,17H,9-12H2,1-4H3,(H,19,20)(H,21,23). The third-order valence-electron chi connectivity index (χ3n) is 4.14. The van der Waals surface area contributed by atoms with Crippen LogP contribution in [0.25, 0.3) is 0 Å². The van der Waals surface area contributed by atoms with Crippen molar-refractivity contribution in [2.24, 2.45) is 5.92 Å². The van der Waals surface area contributed by atoms with E-state index in [-0.39, 0.29) is 30.1 Å². The van der Waals surface area contributed by atoms with E-state index in [0.717, 1.165) is 18.9 Å². The molecule has 1 fully saturated rings. The first kappa shape index (κ1) is 18.7. The van der Waals surface area contributed by atoms with E-state index in [0.29, 0.717) is 13.1 Å². The number of amides is 1. The SMILES string of the molecule is CC1CN(C(C(=O)NCCNc2ccccn2)C(C)C)CC(C)O1. The van der Waals surface area contributed by atoms with Gasteiger partial charge in [0.1, 0.15) is 5.82 Å². The summed E-state index contributed by atoms with van der Waals surface area (Å²) in [6.45, 7) is 11.2. The minimum absolute atomic E-state index is 0.0918. The van der Waals surface area contributed by atoms with Gasteiger partial charge < -0.3 is 15.4 Å². The average Bonchev–Trinajstić information content (AvgIpc) is 2.51. The summed E-state index contributed by atoms with van der Waals surface area (Å²) in [5, 5.41) is 6.25. The summed E-state index contributed by atoms with van der Waals surface area (Å²) >= 11 is 0. The van der Waals surface area contributed by atoms with Gasteiger partial charge in [-0.15, -0.1) is 0 Å². The van der Waals surface area contributed by atoms with E-state index in [4.69, 9.17) is 4.74 Å². The van der Waals surface area contributed by atoms with Crippen molar-refractivity contribution in [1.29, 1.82) is 0 Å². The number of ether oxygens (including phenoxy) is 1. The largest absolute Gasteiger partial charge is 0.373 e. The molecule has 0 saturated carbocycles. The van der Waals surface area contributed by atoms with Gasteiger partial charge in [-0.1, -0.05) is 19.9 Å². The van der Waals surface area contributed by atoms with Crippen LogP contribution in [0.2, 0.25) is 0 Å². The topological polar surface area (TPSA) is 66.5 Å². The Morgan fingerprint density at radius 3 is 2.58 bits per heavy atom. The lowest BCUT2D eigenvalue weighted by molar-refractivity contribution is -0.135. The summed E-state index contributed by atoms with van der Waals surface area (Å²) in [7, 11) is 0. The first-order chi connectivity index (χ1) is 11.5. The van der Waals surface area contributed by atoms with Crippen molar-refractivity contribution in [2.45, 2.75) is 45.9 Å². The quantitative estimate of drug-likeness (QED) is 0.744. The predicted octanol–water partition coefficient (Wildman–Crippen LogP) is 1.74.